The molecule has 3 N–H and O–H groups in total. The number of carbonyl (C=O) groups is 2. The molecule has 158 valence electrons. The van der Waals surface area contributed by atoms with Gasteiger partial charge in [0.2, 0.25) is 5.91 Å². The number of hydrogen-bond donors (Lipinski definition) is 2. The molecule has 1 aromatic heterocycles. The van der Waals surface area contributed by atoms with E-state index in [0.29, 0.717) is 28.6 Å². The van der Waals surface area contributed by atoms with Gasteiger partial charge in [-0.15, -0.1) is 0 Å². The fraction of sp³-hybridized carbons (Fsp3) is 0.200. The molecule has 0 unspecified atom stereocenters. The lowest BCUT2D eigenvalue weighted by Crippen LogP contribution is -2.12. The van der Waals surface area contributed by atoms with E-state index in [9.17, 15) is 9.59 Å². The Labute approximate surface area is 179 Å². The largest absolute Gasteiger partial charge is 0.481 e. The summed E-state index contributed by atoms with van der Waals surface area (Å²) in [5.41, 5.74) is 11.1. The van der Waals surface area contributed by atoms with Crippen LogP contribution in [-0.2, 0) is 17.8 Å². The summed E-state index contributed by atoms with van der Waals surface area (Å²) >= 11 is 0. The SMILES string of the molecule is CCc1cc(OCC(=O)O)c2c3c(C(N)=O)cccc3n(Cc3cccc(C)c3)c2c1. The van der Waals surface area contributed by atoms with Crippen LogP contribution in [0.5, 0.6) is 5.75 Å². The number of carbonyl (C=O) groups excluding carboxylic acids is 1. The number of carboxylic acid groups (broad SMARTS) is 1. The first kappa shape index (κ1) is 20.5. The normalized spacial score (nSPS) is 11.2. The van der Waals surface area contributed by atoms with E-state index in [0.717, 1.165) is 34.1 Å². The van der Waals surface area contributed by atoms with Crippen molar-refractivity contribution in [2.75, 3.05) is 6.61 Å². The maximum atomic E-state index is 12.2. The molecule has 0 saturated heterocycles. The number of amides is 1. The molecule has 0 aliphatic carbocycles. The maximum absolute atomic E-state index is 12.2. The molecule has 0 radical (unpaired) electrons. The highest BCUT2D eigenvalue weighted by molar-refractivity contribution is 6.19. The molecule has 1 amide bonds. The minimum Gasteiger partial charge on any atom is -0.481 e. The number of rotatable bonds is 7. The number of nitrogens with zero attached hydrogens (tertiary/aromatic N) is 1. The van der Waals surface area contributed by atoms with Crippen LogP contribution in [-0.4, -0.2) is 28.2 Å². The lowest BCUT2D eigenvalue weighted by molar-refractivity contribution is -0.139. The van der Waals surface area contributed by atoms with Gasteiger partial charge in [0.05, 0.1) is 16.4 Å². The molecule has 0 bridgehead atoms. The summed E-state index contributed by atoms with van der Waals surface area (Å²) in [4.78, 5) is 23.4. The van der Waals surface area contributed by atoms with Gasteiger partial charge in [-0.1, -0.05) is 42.8 Å². The van der Waals surface area contributed by atoms with Crippen LogP contribution in [0.4, 0.5) is 0 Å². The minimum absolute atomic E-state index is 0.384. The van der Waals surface area contributed by atoms with Crippen LogP contribution in [0.1, 0.15) is 34.0 Å². The summed E-state index contributed by atoms with van der Waals surface area (Å²) in [5, 5.41) is 10.5. The second-order valence-electron chi connectivity index (χ2n) is 7.66. The van der Waals surface area contributed by atoms with Gasteiger partial charge in [-0.3, -0.25) is 4.79 Å². The highest BCUT2D eigenvalue weighted by Crippen LogP contribution is 2.39. The van der Waals surface area contributed by atoms with Crippen molar-refractivity contribution in [1.82, 2.24) is 4.57 Å². The Morgan fingerprint density at radius 2 is 1.77 bits per heavy atom. The molecule has 4 rings (SSSR count). The van der Waals surface area contributed by atoms with Crippen LogP contribution in [0, 0.1) is 6.92 Å². The van der Waals surface area contributed by atoms with Crippen molar-refractivity contribution in [3.05, 3.63) is 76.9 Å². The van der Waals surface area contributed by atoms with Crippen molar-refractivity contribution in [3.63, 3.8) is 0 Å². The van der Waals surface area contributed by atoms with Crippen LogP contribution in [0.25, 0.3) is 21.8 Å². The lowest BCUT2D eigenvalue weighted by Gasteiger charge is -2.11. The Hall–Kier alpha value is -3.80. The number of benzene rings is 3. The monoisotopic (exact) mass is 416 g/mol. The van der Waals surface area contributed by atoms with Gasteiger partial charge < -0.3 is 20.1 Å². The third kappa shape index (κ3) is 3.84. The van der Waals surface area contributed by atoms with E-state index in [1.54, 1.807) is 6.07 Å². The van der Waals surface area contributed by atoms with Gasteiger partial charge in [0.15, 0.2) is 6.61 Å². The number of fused-ring (bicyclic) bond motifs is 3. The number of primary amides is 1. The summed E-state index contributed by atoms with van der Waals surface area (Å²) in [6, 6.07) is 17.6. The lowest BCUT2D eigenvalue weighted by atomic mass is 10.0. The fourth-order valence-corrected chi connectivity index (χ4v) is 4.10. The molecule has 31 heavy (non-hydrogen) atoms. The number of aliphatic carboxylic acids is 1. The Bertz CT molecular complexity index is 1320. The van der Waals surface area contributed by atoms with E-state index in [-0.39, 0.29) is 0 Å². The zero-order valence-electron chi connectivity index (χ0n) is 17.5. The summed E-state index contributed by atoms with van der Waals surface area (Å²) in [7, 11) is 0. The predicted molar refractivity (Wildman–Crippen MR) is 121 cm³/mol. The maximum Gasteiger partial charge on any atom is 0.341 e. The molecular formula is C25H24N2O4. The number of ether oxygens (including phenoxy) is 1. The van der Waals surface area contributed by atoms with Crippen LogP contribution in [0.2, 0.25) is 0 Å². The molecule has 4 aromatic rings. The van der Waals surface area contributed by atoms with Crippen molar-refractivity contribution >= 4 is 33.7 Å². The number of aryl methyl sites for hydroxylation is 2. The van der Waals surface area contributed by atoms with Gasteiger partial charge in [-0.05, 0) is 48.7 Å². The van der Waals surface area contributed by atoms with E-state index in [1.165, 1.54) is 0 Å². The summed E-state index contributed by atoms with van der Waals surface area (Å²) < 4.78 is 7.82. The summed E-state index contributed by atoms with van der Waals surface area (Å²) in [6.07, 6.45) is 0.758. The highest BCUT2D eigenvalue weighted by Gasteiger charge is 2.21. The van der Waals surface area contributed by atoms with Gasteiger partial charge >= 0.3 is 5.97 Å². The zero-order chi connectivity index (χ0) is 22.1. The molecule has 1 heterocycles. The molecule has 0 fully saturated rings. The van der Waals surface area contributed by atoms with E-state index in [4.69, 9.17) is 15.6 Å². The zero-order valence-corrected chi connectivity index (χ0v) is 17.5. The van der Waals surface area contributed by atoms with Crippen molar-refractivity contribution in [3.8, 4) is 5.75 Å². The minimum atomic E-state index is -1.06. The average molecular weight is 416 g/mol. The smallest absolute Gasteiger partial charge is 0.341 e. The molecule has 0 aliphatic rings. The van der Waals surface area contributed by atoms with Crippen molar-refractivity contribution < 1.29 is 19.4 Å². The van der Waals surface area contributed by atoms with Crippen LogP contribution in [0.3, 0.4) is 0 Å². The summed E-state index contributed by atoms with van der Waals surface area (Å²) in [5.74, 6) is -1.16. The van der Waals surface area contributed by atoms with Crippen LogP contribution >= 0.6 is 0 Å². The van der Waals surface area contributed by atoms with Crippen molar-refractivity contribution in [2.45, 2.75) is 26.8 Å². The Morgan fingerprint density at radius 3 is 2.45 bits per heavy atom. The fourth-order valence-electron chi connectivity index (χ4n) is 4.10. The van der Waals surface area contributed by atoms with Gasteiger partial charge in [0.25, 0.3) is 0 Å². The standard InChI is InChI=1S/C25H24N2O4/c1-3-16-11-20-24(21(12-16)31-14-22(28)29)23-18(25(26)30)8-5-9-19(23)27(20)13-17-7-4-6-15(2)10-17/h4-12H,3,13-14H2,1-2H3,(H2,26,30)(H,28,29). The van der Waals surface area contributed by atoms with Gasteiger partial charge in [-0.25, -0.2) is 4.79 Å². The molecule has 6 nitrogen and oxygen atoms in total. The highest BCUT2D eigenvalue weighted by atomic mass is 16.5. The third-order valence-corrected chi connectivity index (χ3v) is 5.46. The molecule has 3 aromatic carbocycles. The van der Waals surface area contributed by atoms with E-state index < -0.39 is 18.5 Å². The Balaban J connectivity index is 2.07. The molecule has 0 aliphatic heterocycles. The van der Waals surface area contributed by atoms with Gasteiger partial charge in [0.1, 0.15) is 5.75 Å². The molecular weight excluding hydrogens is 392 g/mol. The number of aromatic nitrogens is 1. The molecule has 0 spiro atoms. The third-order valence-electron chi connectivity index (χ3n) is 5.46. The van der Waals surface area contributed by atoms with Crippen LogP contribution in [0.15, 0.2) is 54.6 Å². The van der Waals surface area contributed by atoms with E-state index in [2.05, 4.69) is 22.8 Å². The number of hydrogen-bond acceptors (Lipinski definition) is 3. The Morgan fingerprint density at radius 1 is 1.00 bits per heavy atom. The molecule has 0 saturated carbocycles. The van der Waals surface area contributed by atoms with Crippen molar-refractivity contribution in [1.29, 1.82) is 0 Å². The first-order valence-electron chi connectivity index (χ1n) is 10.2. The quantitative estimate of drug-likeness (QED) is 0.470. The average Bonchev–Trinajstić information content (AvgIpc) is 3.05. The first-order chi connectivity index (χ1) is 14.9. The van der Waals surface area contributed by atoms with Gasteiger partial charge in [-0.2, -0.15) is 0 Å². The second kappa shape index (κ2) is 8.14. The van der Waals surface area contributed by atoms with Gasteiger partial charge in [0, 0.05) is 17.5 Å². The summed E-state index contributed by atoms with van der Waals surface area (Å²) in [6.45, 7) is 4.21. The van der Waals surface area contributed by atoms with Crippen molar-refractivity contribution in [2.24, 2.45) is 5.73 Å². The predicted octanol–water partition coefficient (Wildman–Crippen LogP) is 4.28. The number of nitrogens with two attached hydrogens (primary N) is 1. The Kier molecular flexibility index (Phi) is 5.38. The molecule has 0 atom stereocenters. The first-order valence-corrected chi connectivity index (χ1v) is 10.2. The van der Waals surface area contributed by atoms with Crippen LogP contribution < -0.4 is 10.5 Å². The topological polar surface area (TPSA) is 94.6 Å². The molecule has 6 heteroatoms. The van der Waals surface area contributed by atoms with E-state index in [1.807, 2.05) is 44.2 Å². The number of carboxylic acids is 1. The van der Waals surface area contributed by atoms with E-state index >= 15 is 0 Å². The second-order valence-corrected chi connectivity index (χ2v) is 7.66.